The van der Waals surface area contributed by atoms with E-state index in [0.29, 0.717) is 12.2 Å². The third-order valence-electron chi connectivity index (χ3n) is 3.36. The Bertz CT molecular complexity index is 617. The topological polar surface area (TPSA) is 35.2 Å². The number of nitrogens with two attached hydrogens (primary N) is 1. The minimum Gasteiger partial charge on any atom is -0.485 e. The molecule has 98 valence electrons. The van der Waals surface area contributed by atoms with E-state index in [1.165, 1.54) is 12.1 Å². The molecule has 2 aromatic rings. The van der Waals surface area contributed by atoms with E-state index in [2.05, 4.69) is 15.9 Å². The van der Waals surface area contributed by atoms with Crippen LogP contribution in [-0.4, -0.2) is 0 Å². The van der Waals surface area contributed by atoms with Crippen molar-refractivity contribution >= 4 is 15.9 Å². The largest absolute Gasteiger partial charge is 0.485 e. The van der Waals surface area contributed by atoms with Gasteiger partial charge in [-0.05, 0) is 12.1 Å². The smallest absolute Gasteiger partial charge is 0.127 e. The van der Waals surface area contributed by atoms with Gasteiger partial charge < -0.3 is 10.5 Å². The fraction of sp³-hybridized carbons (Fsp3) is 0.200. The quantitative estimate of drug-likeness (QED) is 0.857. The van der Waals surface area contributed by atoms with Gasteiger partial charge in [0.1, 0.15) is 17.7 Å². The first-order valence-corrected chi connectivity index (χ1v) is 6.90. The summed E-state index contributed by atoms with van der Waals surface area (Å²) in [6.07, 6.45) is 0.529. The first kappa shape index (κ1) is 12.6. The minimum atomic E-state index is -0.307. The molecule has 2 nitrogen and oxygen atoms in total. The summed E-state index contributed by atoms with van der Waals surface area (Å²) < 4.78 is 20.2. The highest BCUT2D eigenvalue weighted by Gasteiger charge is 2.28. The molecular formula is C15H13BrFNO. The van der Waals surface area contributed by atoms with Crippen LogP contribution < -0.4 is 10.5 Å². The summed E-state index contributed by atoms with van der Waals surface area (Å²) in [5.74, 6) is 0.234. The standard InChI is InChI=1S/C15H13BrFNO/c16-12-4-2-1-3-10(12)15-8-13(18)11-6-5-9(17)7-14(11)19-15/h1-7,13,15H,8,18H2/t13-,15?/m1/s1. The van der Waals surface area contributed by atoms with Gasteiger partial charge in [-0.15, -0.1) is 0 Å². The van der Waals surface area contributed by atoms with Gasteiger partial charge in [0, 0.05) is 34.1 Å². The zero-order valence-corrected chi connectivity index (χ0v) is 11.7. The van der Waals surface area contributed by atoms with Crippen molar-refractivity contribution in [3.8, 4) is 5.75 Å². The Hall–Kier alpha value is -1.39. The first-order valence-electron chi connectivity index (χ1n) is 6.11. The molecule has 0 fully saturated rings. The lowest BCUT2D eigenvalue weighted by Crippen LogP contribution is -2.24. The van der Waals surface area contributed by atoms with E-state index in [1.807, 2.05) is 24.3 Å². The second-order valence-electron chi connectivity index (χ2n) is 4.65. The highest BCUT2D eigenvalue weighted by Crippen LogP contribution is 2.41. The molecule has 0 amide bonds. The summed E-state index contributed by atoms with van der Waals surface area (Å²) in [4.78, 5) is 0. The average Bonchev–Trinajstić information content (AvgIpc) is 2.38. The van der Waals surface area contributed by atoms with Crippen LogP contribution >= 0.6 is 15.9 Å². The number of benzene rings is 2. The summed E-state index contributed by atoms with van der Waals surface area (Å²) in [6.45, 7) is 0. The predicted molar refractivity (Wildman–Crippen MR) is 75.5 cm³/mol. The number of rotatable bonds is 1. The van der Waals surface area contributed by atoms with Crippen LogP contribution in [0.5, 0.6) is 5.75 Å². The maximum atomic E-state index is 13.3. The fourth-order valence-electron chi connectivity index (χ4n) is 2.40. The number of hydrogen-bond acceptors (Lipinski definition) is 2. The summed E-state index contributed by atoms with van der Waals surface area (Å²) in [7, 11) is 0. The summed E-state index contributed by atoms with van der Waals surface area (Å²) >= 11 is 3.51. The lowest BCUT2D eigenvalue weighted by molar-refractivity contribution is 0.160. The van der Waals surface area contributed by atoms with E-state index >= 15 is 0 Å². The number of ether oxygens (including phenoxy) is 1. The van der Waals surface area contributed by atoms with Crippen LogP contribution in [0.4, 0.5) is 4.39 Å². The van der Waals surface area contributed by atoms with Gasteiger partial charge in [-0.25, -0.2) is 4.39 Å². The molecule has 0 aliphatic carbocycles. The second-order valence-corrected chi connectivity index (χ2v) is 5.51. The molecule has 0 saturated heterocycles. The Kier molecular flexibility index (Phi) is 3.29. The molecule has 2 aromatic carbocycles. The Morgan fingerprint density at radius 3 is 2.74 bits per heavy atom. The van der Waals surface area contributed by atoms with E-state index in [9.17, 15) is 4.39 Å². The van der Waals surface area contributed by atoms with Gasteiger partial charge >= 0.3 is 0 Å². The molecule has 2 N–H and O–H groups in total. The molecule has 4 heteroatoms. The second kappa shape index (κ2) is 4.94. The van der Waals surface area contributed by atoms with Gasteiger partial charge in [0.15, 0.2) is 0 Å². The van der Waals surface area contributed by atoms with Gasteiger partial charge in [0.2, 0.25) is 0 Å². The van der Waals surface area contributed by atoms with Gasteiger partial charge in [-0.1, -0.05) is 40.2 Å². The third kappa shape index (κ3) is 2.38. The van der Waals surface area contributed by atoms with E-state index in [0.717, 1.165) is 15.6 Å². The minimum absolute atomic E-state index is 0.138. The number of hydrogen-bond donors (Lipinski definition) is 1. The molecule has 19 heavy (non-hydrogen) atoms. The van der Waals surface area contributed by atoms with Crippen LogP contribution in [0.15, 0.2) is 46.9 Å². The molecular weight excluding hydrogens is 309 g/mol. The van der Waals surface area contributed by atoms with Crippen LogP contribution in [-0.2, 0) is 0 Å². The number of fused-ring (bicyclic) bond motifs is 1. The van der Waals surface area contributed by atoms with Crippen LogP contribution in [0.25, 0.3) is 0 Å². The fourth-order valence-corrected chi connectivity index (χ4v) is 2.94. The molecule has 2 atom stereocenters. The SMILES string of the molecule is N[C@@H]1CC(c2ccccc2Br)Oc2cc(F)ccc21. The van der Waals surface area contributed by atoms with Crippen molar-refractivity contribution in [1.29, 1.82) is 0 Å². The molecule has 3 rings (SSSR count). The molecule has 1 heterocycles. The van der Waals surface area contributed by atoms with Crippen molar-refractivity contribution in [2.75, 3.05) is 0 Å². The van der Waals surface area contributed by atoms with Crippen molar-refractivity contribution in [2.24, 2.45) is 5.73 Å². The lowest BCUT2D eigenvalue weighted by atomic mass is 9.93. The first-order chi connectivity index (χ1) is 9.15. The van der Waals surface area contributed by atoms with E-state index in [4.69, 9.17) is 10.5 Å². The zero-order valence-electron chi connectivity index (χ0n) is 10.1. The molecule has 1 aliphatic rings. The highest BCUT2D eigenvalue weighted by molar-refractivity contribution is 9.10. The van der Waals surface area contributed by atoms with Crippen LogP contribution in [0, 0.1) is 5.82 Å². The Morgan fingerprint density at radius 1 is 1.16 bits per heavy atom. The molecule has 0 bridgehead atoms. The summed E-state index contributed by atoms with van der Waals surface area (Å²) in [6, 6.07) is 12.2. The van der Waals surface area contributed by atoms with Gasteiger partial charge in [0.25, 0.3) is 0 Å². The van der Waals surface area contributed by atoms with Gasteiger partial charge in [0.05, 0.1) is 0 Å². The van der Waals surface area contributed by atoms with Crippen LogP contribution in [0.1, 0.15) is 29.7 Å². The van der Waals surface area contributed by atoms with E-state index in [-0.39, 0.29) is 18.0 Å². The van der Waals surface area contributed by atoms with E-state index in [1.54, 1.807) is 6.07 Å². The van der Waals surface area contributed by atoms with Gasteiger partial charge in [-0.2, -0.15) is 0 Å². The predicted octanol–water partition coefficient (Wildman–Crippen LogP) is 4.11. The maximum absolute atomic E-state index is 13.3. The molecule has 0 aromatic heterocycles. The van der Waals surface area contributed by atoms with Crippen molar-refractivity contribution in [1.82, 2.24) is 0 Å². The van der Waals surface area contributed by atoms with Crippen molar-refractivity contribution in [2.45, 2.75) is 18.6 Å². The molecule has 0 spiro atoms. The van der Waals surface area contributed by atoms with Crippen molar-refractivity contribution in [3.63, 3.8) is 0 Å². The van der Waals surface area contributed by atoms with Crippen LogP contribution in [0.3, 0.4) is 0 Å². The summed E-state index contributed by atoms with van der Waals surface area (Å²) in [5, 5.41) is 0. The molecule has 0 radical (unpaired) electrons. The van der Waals surface area contributed by atoms with Crippen LogP contribution in [0.2, 0.25) is 0 Å². The normalized spacial score (nSPS) is 21.6. The third-order valence-corrected chi connectivity index (χ3v) is 4.09. The van der Waals surface area contributed by atoms with E-state index < -0.39 is 0 Å². The molecule has 1 unspecified atom stereocenters. The Labute approximate surface area is 119 Å². The highest BCUT2D eigenvalue weighted by atomic mass is 79.9. The molecule has 0 saturated carbocycles. The zero-order chi connectivity index (χ0) is 13.4. The average molecular weight is 322 g/mol. The van der Waals surface area contributed by atoms with Crippen molar-refractivity contribution in [3.05, 3.63) is 63.9 Å². The maximum Gasteiger partial charge on any atom is 0.127 e. The Morgan fingerprint density at radius 2 is 1.95 bits per heavy atom. The summed E-state index contributed by atoms with van der Waals surface area (Å²) in [5.41, 5.74) is 8.06. The Balaban J connectivity index is 1.99. The number of halogens is 2. The van der Waals surface area contributed by atoms with Gasteiger partial charge in [-0.3, -0.25) is 0 Å². The monoisotopic (exact) mass is 321 g/mol. The molecule has 1 aliphatic heterocycles. The van der Waals surface area contributed by atoms with Crippen molar-refractivity contribution < 1.29 is 9.13 Å². The lowest BCUT2D eigenvalue weighted by Gasteiger charge is -2.31.